The minimum atomic E-state index is -0.746. The fourth-order valence-corrected chi connectivity index (χ4v) is 2.11. The molecule has 0 aliphatic heterocycles. The summed E-state index contributed by atoms with van der Waals surface area (Å²) in [6.45, 7) is 4.29. The second kappa shape index (κ2) is 6.58. The van der Waals surface area contributed by atoms with Crippen LogP contribution < -0.4 is 4.74 Å². The SMILES string of the molecule is CCC(O)(CC)COc1ccccc1-c1ccccc1. The summed E-state index contributed by atoms with van der Waals surface area (Å²) < 4.78 is 5.89. The molecule has 0 radical (unpaired) electrons. The molecule has 0 aliphatic rings. The summed E-state index contributed by atoms with van der Waals surface area (Å²) in [5.74, 6) is 0.819. The lowest BCUT2D eigenvalue weighted by Crippen LogP contribution is -2.34. The molecule has 2 heteroatoms. The third kappa shape index (κ3) is 3.40. The standard InChI is InChI=1S/C18H22O2/c1-3-18(19,4-2)14-20-17-13-9-8-12-16(17)15-10-6-5-7-11-15/h5-13,19H,3-4,14H2,1-2H3. The predicted molar refractivity (Wildman–Crippen MR) is 82.9 cm³/mol. The molecule has 2 aromatic rings. The van der Waals surface area contributed by atoms with Crippen LogP contribution >= 0.6 is 0 Å². The molecular weight excluding hydrogens is 248 g/mol. The van der Waals surface area contributed by atoms with Crippen LogP contribution in [-0.2, 0) is 0 Å². The predicted octanol–water partition coefficient (Wildman–Crippen LogP) is 4.28. The number of hydrogen-bond donors (Lipinski definition) is 1. The maximum atomic E-state index is 10.3. The molecule has 1 N–H and O–H groups in total. The lowest BCUT2D eigenvalue weighted by atomic mass is 9.99. The van der Waals surface area contributed by atoms with Crippen LogP contribution in [0.5, 0.6) is 5.75 Å². The molecule has 0 amide bonds. The van der Waals surface area contributed by atoms with E-state index in [4.69, 9.17) is 4.74 Å². The van der Waals surface area contributed by atoms with E-state index in [1.165, 1.54) is 0 Å². The minimum Gasteiger partial charge on any atom is -0.490 e. The van der Waals surface area contributed by atoms with E-state index in [9.17, 15) is 5.11 Å². The average molecular weight is 270 g/mol. The van der Waals surface area contributed by atoms with Crippen molar-refractivity contribution in [3.63, 3.8) is 0 Å². The molecule has 0 atom stereocenters. The molecule has 2 nitrogen and oxygen atoms in total. The lowest BCUT2D eigenvalue weighted by molar-refractivity contribution is -0.0111. The summed E-state index contributed by atoms with van der Waals surface area (Å²) in [5, 5.41) is 10.3. The van der Waals surface area contributed by atoms with Crippen molar-refractivity contribution in [2.24, 2.45) is 0 Å². The topological polar surface area (TPSA) is 29.5 Å². The van der Waals surface area contributed by atoms with Crippen molar-refractivity contribution in [1.82, 2.24) is 0 Å². The van der Waals surface area contributed by atoms with Crippen LogP contribution in [0, 0.1) is 0 Å². The van der Waals surface area contributed by atoms with Crippen LogP contribution in [0.1, 0.15) is 26.7 Å². The zero-order valence-corrected chi connectivity index (χ0v) is 12.2. The highest BCUT2D eigenvalue weighted by atomic mass is 16.5. The molecule has 20 heavy (non-hydrogen) atoms. The van der Waals surface area contributed by atoms with Gasteiger partial charge in [0.25, 0.3) is 0 Å². The van der Waals surface area contributed by atoms with E-state index in [-0.39, 0.29) is 0 Å². The van der Waals surface area contributed by atoms with E-state index < -0.39 is 5.60 Å². The van der Waals surface area contributed by atoms with Crippen LogP contribution in [0.4, 0.5) is 0 Å². The largest absolute Gasteiger partial charge is 0.490 e. The molecule has 0 bridgehead atoms. The van der Waals surface area contributed by atoms with Crippen LogP contribution in [0.3, 0.4) is 0 Å². The van der Waals surface area contributed by atoms with Crippen molar-refractivity contribution in [2.45, 2.75) is 32.3 Å². The van der Waals surface area contributed by atoms with Crippen LogP contribution in [0.15, 0.2) is 54.6 Å². The van der Waals surface area contributed by atoms with Gasteiger partial charge in [-0.2, -0.15) is 0 Å². The fourth-order valence-electron chi connectivity index (χ4n) is 2.11. The van der Waals surface area contributed by atoms with Crippen molar-refractivity contribution < 1.29 is 9.84 Å². The smallest absolute Gasteiger partial charge is 0.127 e. The molecule has 0 saturated heterocycles. The zero-order valence-electron chi connectivity index (χ0n) is 12.2. The number of hydrogen-bond acceptors (Lipinski definition) is 2. The number of aliphatic hydroxyl groups is 1. The van der Waals surface area contributed by atoms with Gasteiger partial charge in [0.15, 0.2) is 0 Å². The van der Waals surface area contributed by atoms with E-state index in [2.05, 4.69) is 12.1 Å². The Morgan fingerprint density at radius 1 is 0.900 bits per heavy atom. The molecule has 106 valence electrons. The van der Waals surface area contributed by atoms with Gasteiger partial charge in [-0.15, -0.1) is 0 Å². The summed E-state index contributed by atoms with van der Waals surface area (Å²) in [6.07, 6.45) is 1.38. The molecule has 0 aliphatic carbocycles. The highest BCUT2D eigenvalue weighted by Crippen LogP contribution is 2.30. The highest BCUT2D eigenvalue weighted by molar-refractivity contribution is 5.70. The van der Waals surface area contributed by atoms with Gasteiger partial charge in [-0.05, 0) is 24.5 Å². The third-order valence-electron chi connectivity index (χ3n) is 3.78. The van der Waals surface area contributed by atoms with Gasteiger partial charge in [0.05, 0.1) is 5.60 Å². The Morgan fingerprint density at radius 2 is 1.50 bits per heavy atom. The second-order valence-corrected chi connectivity index (χ2v) is 5.08. The number of rotatable bonds is 6. The summed E-state index contributed by atoms with van der Waals surface area (Å²) in [5.41, 5.74) is 1.44. The molecule has 0 heterocycles. The second-order valence-electron chi connectivity index (χ2n) is 5.08. The molecular formula is C18H22O2. The Kier molecular flexibility index (Phi) is 4.80. The first-order valence-electron chi connectivity index (χ1n) is 7.18. The van der Waals surface area contributed by atoms with E-state index in [1.54, 1.807) is 0 Å². The monoisotopic (exact) mass is 270 g/mol. The van der Waals surface area contributed by atoms with Crippen LogP contribution in [0.2, 0.25) is 0 Å². The molecule has 0 fully saturated rings. The fraction of sp³-hybridized carbons (Fsp3) is 0.333. The third-order valence-corrected chi connectivity index (χ3v) is 3.78. The van der Waals surface area contributed by atoms with Gasteiger partial charge < -0.3 is 9.84 Å². The molecule has 0 spiro atoms. The summed E-state index contributed by atoms with van der Waals surface area (Å²) in [4.78, 5) is 0. The number of benzene rings is 2. The number of ether oxygens (including phenoxy) is 1. The minimum absolute atomic E-state index is 0.323. The van der Waals surface area contributed by atoms with Gasteiger partial charge in [0, 0.05) is 5.56 Å². The normalized spacial score (nSPS) is 11.3. The first-order chi connectivity index (χ1) is 9.68. The first-order valence-corrected chi connectivity index (χ1v) is 7.18. The molecule has 0 unspecified atom stereocenters. The van der Waals surface area contributed by atoms with Gasteiger partial charge in [-0.3, -0.25) is 0 Å². The lowest BCUT2D eigenvalue weighted by Gasteiger charge is -2.25. The van der Waals surface area contributed by atoms with Gasteiger partial charge in [-0.25, -0.2) is 0 Å². The van der Waals surface area contributed by atoms with E-state index in [0.29, 0.717) is 19.4 Å². The molecule has 2 rings (SSSR count). The maximum Gasteiger partial charge on any atom is 0.127 e. The van der Waals surface area contributed by atoms with Crippen molar-refractivity contribution in [3.05, 3.63) is 54.6 Å². The molecule has 0 aromatic heterocycles. The molecule has 2 aromatic carbocycles. The van der Waals surface area contributed by atoms with E-state index >= 15 is 0 Å². The van der Waals surface area contributed by atoms with Crippen molar-refractivity contribution in [3.8, 4) is 16.9 Å². The van der Waals surface area contributed by atoms with E-state index in [0.717, 1.165) is 16.9 Å². The first kappa shape index (κ1) is 14.6. The maximum absolute atomic E-state index is 10.3. The zero-order chi connectivity index (χ0) is 14.4. The van der Waals surface area contributed by atoms with Gasteiger partial charge in [0.2, 0.25) is 0 Å². The Balaban J connectivity index is 2.21. The van der Waals surface area contributed by atoms with Gasteiger partial charge in [0.1, 0.15) is 12.4 Å². The summed E-state index contributed by atoms with van der Waals surface area (Å²) >= 11 is 0. The van der Waals surface area contributed by atoms with Gasteiger partial charge in [-0.1, -0.05) is 62.4 Å². The Labute approximate surface area is 121 Å². The van der Waals surface area contributed by atoms with Crippen molar-refractivity contribution >= 4 is 0 Å². The Hall–Kier alpha value is -1.80. The summed E-state index contributed by atoms with van der Waals surface area (Å²) in [7, 11) is 0. The van der Waals surface area contributed by atoms with Crippen LogP contribution in [-0.4, -0.2) is 17.3 Å². The molecule has 0 saturated carbocycles. The summed E-state index contributed by atoms with van der Waals surface area (Å²) in [6, 6.07) is 18.1. The number of para-hydroxylation sites is 1. The van der Waals surface area contributed by atoms with Crippen molar-refractivity contribution in [1.29, 1.82) is 0 Å². The average Bonchev–Trinajstić information content (AvgIpc) is 2.54. The highest BCUT2D eigenvalue weighted by Gasteiger charge is 2.23. The van der Waals surface area contributed by atoms with E-state index in [1.807, 2.05) is 56.3 Å². The quantitative estimate of drug-likeness (QED) is 0.848. The van der Waals surface area contributed by atoms with Gasteiger partial charge >= 0.3 is 0 Å². The Bertz CT molecular complexity index is 530. The van der Waals surface area contributed by atoms with Crippen molar-refractivity contribution in [2.75, 3.05) is 6.61 Å². The Morgan fingerprint density at radius 3 is 2.15 bits per heavy atom. The van der Waals surface area contributed by atoms with Crippen LogP contribution in [0.25, 0.3) is 11.1 Å².